The fourth-order valence-electron chi connectivity index (χ4n) is 4.20. The molecule has 0 aliphatic rings. The first-order chi connectivity index (χ1) is 18.4. The number of nitrogens with one attached hydrogen (secondary N) is 1. The summed E-state index contributed by atoms with van der Waals surface area (Å²) in [5, 5.41) is 2.89. The Hall–Kier alpha value is -4.76. The van der Waals surface area contributed by atoms with Gasteiger partial charge < -0.3 is 15.2 Å². The van der Waals surface area contributed by atoms with Crippen LogP contribution < -0.4 is 16.0 Å². The van der Waals surface area contributed by atoms with Gasteiger partial charge >= 0.3 is 0 Å². The summed E-state index contributed by atoms with van der Waals surface area (Å²) in [5.41, 5.74) is 10.6. The summed E-state index contributed by atoms with van der Waals surface area (Å²) in [7, 11) is 1.64. The zero-order valence-corrected chi connectivity index (χ0v) is 21.4. The van der Waals surface area contributed by atoms with Crippen molar-refractivity contribution >= 4 is 52.2 Å². The van der Waals surface area contributed by atoms with Gasteiger partial charge in [0.15, 0.2) is 0 Å². The molecule has 2 aromatic heterocycles. The van der Waals surface area contributed by atoms with E-state index in [1.54, 1.807) is 35.9 Å². The molecular weight excluding hydrogens is 498 g/mol. The molecule has 38 heavy (non-hydrogen) atoms. The Morgan fingerprint density at radius 2 is 1.74 bits per heavy atom. The van der Waals surface area contributed by atoms with Crippen LogP contribution >= 0.6 is 11.3 Å². The number of carbonyl (C=O) groups is 3. The topological polar surface area (TPSA) is 110 Å². The molecule has 5 rings (SSSR count). The highest BCUT2D eigenvalue weighted by molar-refractivity contribution is 7.17. The fourth-order valence-corrected chi connectivity index (χ4v) is 5.10. The number of anilines is 2. The minimum Gasteiger partial charge on any atom is -0.370 e. The summed E-state index contributed by atoms with van der Waals surface area (Å²) in [6.07, 6.45) is 0.795. The Bertz CT molecular complexity index is 1640. The van der Waals surface area contributed by atoms with Crippen molar-refractivity contribution < 1.29 is 14.4 Å². The highest BCUT2D eigenvalue weighted by atomic mass is 32.1. The predicted octanol–water partition coefficient (Wildman–Crippen LogP) is 5.15. The first-order valence-corrected chi connectivity index (χ1v) is 12.8. The van der Waals surface area contributed by atoms with Gasteiger partial charge in [-0.3, -0.25) is 19.7 Å². The third-order valence-electron chi connectivity index (χ3n) is 6.19. The zero-order valence-electron chi connectivity index (χ0n) is 20.6. The molecule has 0 radical (unpaired) electrons. The van der Waals surface area contributed by atoms with Gasteiger partial charge in [-0.15, -0.1) is 11.3 Å². The van der Waals surface area contributed by atoms with E-state index in [0.717, 1.165) is 21.6 Å². The van der Waals surface area contributed by atoms with Crippen molar-refractivity contribution in [3.8, 4) is 21.6 Å². The molecule has 0 aliphatic heterocycles. The number of aromatic nitrogens is 2. The van der Waals surface area contributed by atoms with Gasteiger partial charge in [-0.05, 0) is 53.1 Å². The van der Waals surface area contributed by atoms with E-state index in [4.69, 9.17) is 5.73 Å². The van der Waals surface area contributed by atoms with Crippen LogP contribution in [-0.2, 0) is 16.1 Å². The molecule has 0 atom stereocenters. The number of fused-ring (bicyclic) bond motifs is 1. The van der Waals surface area contributed by atoms with Crippen LogP contribution in [0.2, 0.25) is 0 Å². The number of nitrogens with zero attached hydrogens (tertiary/aromatic N) is 3. The number of rotatable bonds is 9. The van der Waals surface area contributed by atoms with Crippen LogP contribution in [-0.4, -0.2) is 34.8 Å². The van der Waals surface area contributed by atoms with Gasteiger partial charge in [0.1, 0.15) is 0 Å². The standard InChI is InChI=1S/C29H25N5O3S/c1-33(18-35)22-10-11-24-23(17-22)31-29(34(24)15-14-27(30)36)32-28(37)26-13-12-25(38-26)21-9-5-8-20(16-21)19-6-3-2-4-7-19/h2-13,16-18H,14-15H2,1H3,(H2,30,36)(H,31,32,37). The SMILES string of the molecule is CN(C=O)c1ccc2c(c1)nc(NC(=O)c1ccc(-c3cccc(-c4ccccc4)c3)s1)n2CCC(N)=O. The fraction of sp³-hybridized carbons (Fsp3) is 0.103. The summed E-state index contributed by atoms with van der Waals surface area (Å²) < 4.78 is 1.75. The maximum absolute atomic E-state index is 13.2. The second-order valence-corrected chi connectivity index (χ2v) is 9.84. The largest absolute Gasteiger partial charge is 0.370 e. The number of benzene rings is 3. The van der Waals surface area contributed by atoms with Gasteiger partial charge in [-0.2, -0.15) is 0 Å². The normalized spacial score (nSPS) is 10.9. The highest BCUT2D eigenvalue weighted by Gasteiger charge is 2.18. The van der Waals surface area contributed by atoms with Gasteiger partial charge in [-0.25, -0.2) is 4.98 Å². The first-order valence-electron chi connectivity index (χ1n) is 12.0. The van der Waals surface area contributed by atoms with E-state index >= 15 is 0 Å². The number of aryl methyl sites for hydroxylation is 1. The Kier molecular flexibility index (Phi) is 7.01. The third-order valence-corrected chi connectivity index (χ3v) is 7.32. The van der Waals surface area contributed by atoms with Gasteiger partial charge in [-0.1, -0.05) is 48.5 Å². The summed E-state index contributed by atoms with van der Waals surface area (Å²) >= 11 is 1.39. The lowest BCUT2D eigenvalue weighted by Gasteiger charge is -2.11. The highest BCUT2D eigenvalue weighted by Crippen LogP contribution is 2.32. The van der Waals surface area contributed by atoms with Crippen molar-refractivity contribution in [2.75, 3.05) is 17.3 Å². The third kappa shape index (κ3) is 5.18. The molecule has 0 fully saturated rings. The van der Waals surface area contributed by atoms with E-state index in [1.165, 1.54) is 16.2 Å². The molecule has 0 unspecified atom stereocenters. The second kappa shape index (κ2) is 10.7. The molecule has 190 valence electrons. The van der Waals surface area contributed by atoms with Crippen molar-refractivity contribution in [2.24, 2.45) is 5.73 Å². The van der Waals surface area contributed by atoms with Crippen molar-refractivity contribution in [1.29, 1.82) is 0 Å². The second-order valence-electron chi connectivity index (χ2n) is 8.76. The zero-order chi connectivity index (χ0) is 26.6. The minimum atomic E-state index is -0.456. The van der Waals surface area contributed by atoms with Crippen molar-refractivity contribution in [3.63, 3.8) is 0 Å². The van der Waals surface area contributed by atoms with E-state index in [-0.39, 0.29) is 18.9 Å². The molecule has 3 N–H and O–H groups in total. The summed E-state index contributed by atoms with van der Waals surface area (Å²) in [4.78, 5) is 43.4. The summed E-state index contributed by atoms with van der Waals surface area (Å²) in [6, 6.07) is 27.4. The van der Waals surface area contributed by atoms with Crippen LogP contribution in [0.3, 0.4) is 0 Å². The van der Waals surface area contributed by atoms with Gasteiger partial charge in [0.25, 0.3) is 5.91 Å². The lowest BCUT2D eigenvalue weighted by atomic mass is 10.0. The monoisotopic (exact) mass is 523 g/mol. The smallest absolute Gasteiger partial charge is 0.268 e. The summed E-state index contributed by atoms with van der Waals surface area (Å²) in [5.74, 6) is -0.457. The molecule has 0 bridgehead atoms. The molecule has 0 spiro atoms. The number of imidazole rings is 1. The average molecular weight is 524 g/mol. The van der Waals surface area contributed by atoms with Crippen LogP contribution in [0.1, 0.15) is 16.1 Å². The molecule has 9 heteroatoms. The maximum atomic E-state index is 13.2. The predicted molar refractivity (Wildman–Crippen MR) is 151 cm³/mol. The quantitative estimate of drug-likeness (QED) is 0.260. The molecule has 5 aromatic rings. The van der Waals surface area contributed by atoms with E-state index in [9.17, 15) is 14.4 Å². The molecule has 3 amide bonds. The minimum absolute atomic E-state index is 0.0885. The van der Waals surface area contributed by atoms with Crippen molar-refractivity contribution in [2.45, 2.75) is 13.0 Å². The Morgan fingerprint density at radius 1 is 0.974 bits per heavy atom. The number of thiophene rings is 1. The van der Waals surface area contributed by atoms with E-state index in [2.05, 4.69) is 34.6 Å². The number of carbonyl (C=O) groups excluding carboxylic acids is 3. The molecule has 0 saturated heterocycles. The van der Waals surface area contributed by atoms with Crippen molar-refractivity contribution in [1.82, 2.24) is 9.55 Å². The lowest BCUT2D eigenvalue weighted by Crippen LogP contribution is -2.18. The number of primary amides is 1. The van der Waals surface area contributed by atoms with Gasteiger partial charge in [0.2, 0.25) is 18.3 Å². The lowest BCUT2D eigenvalue weighted by molar-refractivity contribution is -0.118. The number of hydrogen-bond donors (Lipinski definition) is 2. The molecule has 3 aromatic carbocycles. The number of hydrogen-bond acceptors (Lipinski definition) is 5. The number of amides is 3. The van der Waals surface area contributed by atoms with E-state index < -0.39 is 5.91 Å². The molecule has 8 nitrogen and oxygen atoms in total. The van der Waals surface area contributed by atoms with Crippen molar-refractivity contribution in [3.05, 3.63) is 89.8 Å². The molecular formula is C29H25N5O3S. The molecule has 0 aliphatic carbocycles. The van der Waals surface area contributed by atoms with Crippen LogP contribution in [0.5, 0.6) is 0 Å². The number of nitrogens with two attached hydrogens (primary N) is 1. The molecule has 0 saturated carbocycles. The van der Waals surface area contributed by atoms with Crippen LogP contribution in [0, 0.1) is 0 Å². The maximum Gasteiger partial charge on any atom is 0.268 e. The van der Waals surface area contributed by atoms with Crippen LogP contribution in [0.25, 0.3) is 32.6 Å². The van der Waals surface area contributed by atoms with Gasteiger partial charge in [0, 0.05) is 30.6 Å². The van der Waals surface area contributed by atoms with E-state index in [1.807, 2.05) is 36.4 Å². The van der Waals surface area contributed by atoms with Crippen LogP contribution in [0.4, 0.5) is 11.6 Å². The Morgan fingerprint density at radius 3 is 2.50 bits per heavy atom. The average Bonchev–Trinajstić information content (AvgIpc) is 3.57. The van der Waals surface area contributed by atoms with E-state index in [0.29, 0.717) is 34.0 Å². The Balaban J connectivity index is 1.42. The van der Waals surface area contributed by atoms with Gasteiger partial charge in [0.05, 0.1) is 15.9 Å². The Labute approximate surface area is 223 Å². The van der Waals surface area contributed by atoms with Crippen LogP contribution in [0.15, 0.2) is 84.9 Å². The first kappa shape index (κ1) is 24.9. The molecule has 2 heterocycles. The summed E-state index contributed by atoms with van der Waals surface area (Å²) in [6.45, 7) is 0.256.